The Morgan fingerprint density at radius 2 is 1.89 bits per heavy atom. The SMILES string of the molecule is Cc1nnc(CNC(=O)C2CCCCN2S(=O)(=O)c2ccccc2)n1C1CC1. The van der Waals surface area contributed by atoms with E-state index in [1.807, 2.05) is 6.92 Å². The normalized spacial score (nSPS) is 20.8. The van der Waals surface area contributed by atoms with Crippen LogP contribution in [0.4, 0.5) is 0 Å². The maximum Gasteiger partial charge on any atom is 0.243 e. The van der Waals surface area contributed by atoms with E-state index in [-0.39, 0.29) is 17.3 Å². The first-order valence-electron chi connectivity index (χ1n) is 9.73. The molecule has 2 heterocycles. The van der Waals surface area contributed by atoms with Crippen molar-refractivity contribution in [1.82, 2.24) is 24.4 Å². The highest BCUT2D eigenvalue weighted by Crippen LogP contribution is 2.36. The zero-order valence-corrected chi connectivity index (χ0v) is 16.7. The molecule has 150 valence electrons. The summed E-state index contributed by atoms with van der Waals surface area (Å²) >= 11 is 0. The molecule has 1 unspecified atom stereocenters. The Morgan fingerprint density at radius 1 is 1.14 bits per heavy atom. The average molecular weight is 404 g/mol. The Morgan fingerprint density at radius 3 is 2.61 bits per heavy atom. The Labute approximate surface area is 165 Å². The van der Waals surface area contributed by atoms with E-state index in [0.29, 0.717) is 19.0 Å². The van der Waals surface area contributed by atoms with Crippen LogP contribution < -0.4 is 5.32 Å². The van der Waals surface area contributed by atoms with Crippen molar-refractivity contribution in [1.29, 1.82) is 0 Å². The molecule has 2 aromatic rings. The number of carbonyl (C=O) groups is 1. The molecule has 9 heteroatoms. The summed E-state index contributed by atoms with van der Waals surface area (Å²) < 4.78 is 29.5. The van der Waals surface area contributed by atoms with Crippen LogP contribution in [0.1, 0.15) is 49.8 Å². The first-order valence-corrected chi connectivity index (χ1v) is 11.2. The number of carbonyl (C=O) groups excluding carboxylic acids is 1. The van der Waals surface area contributed by atoms with Gasteiger partial charge < -0.3 is 9.88 Å². The van der Waals surface area contributed by atoms with Gasteiger partial charge in [0.1, 0.15) is 11.9 Å². The minimum atomic E-state index is -3.71. The van der Waals surface area contributed by atoms with Crippen LogP contribution in [0, 0.1) is 6.92 Å². The van der Waals surface area contributed by atoms with E-state index in [1.165, 1.54) is 4.31 Å². The van der Waals surface area contributed by atoms with E-state index < -0.39 is 16.1 Å². The van der Waals surface area contributed by atoms with E-state index in [9.17, 15) is 13.2 Å². The zero-order valence-electron chi connectivity index (χ0n) is 15.9. The van der Waals surface area contributed by atoms with Gasteiger partial charge in [0.2, 0.25) is 15.9 Å². The molecule has 1 aromatic heterocycles. The van der Waals surface area contributed by atoms with Gasteiger partial charge in [-0.15, -0.1) is 10.2 Å². The zero-order chi connectivity index (χ0) is 19.7. The van der Waals surface area contributed by atoms with Crippen molar-refractivity contribution in [3.63, 3.8) is 0 Å². The van der Waals surface area contributed by atoms with Gasteiger partial charge >= 0.3 is 0 Å². The molecule has 1 amide bonds. The summed E-state index contributed by atoms with van der Waals surface area (Å²) in [6, 6.07) is 8.03. The molecule has 8 nitrogen and oxygen atoms in total. The highest BCUT2D eigenvalue weighted by Gasteiger charge is 2.37. The third-order valence-corrected chi connectivity index (χ3v) is 7.30. The number of aromatic nitrogens is 3. The number of benzene rings is 1. The Balaban J connectivity index is 1.49. The number of aryl methyl sites for hydroxylation is 1. The quantitative estimate of drug-likeness (QED) is 0.793. The molecule has 1 aromatic carbocycles. The van der Waals surface area contributed by atoms with Crippen LogP contribution in [0.15, 0.2) is 35.2 Å². The smallest absolute Gasteiger partial charge is 0.243 e. The second-order valence-corrected chi connectivity index (χ2v) is 9.31. The molecule has 1 saturated carbocycles. The van der Waals surface area contributed by atoms with E-state index in [1.54, 1.807) is 30.3 Å². The molecule has 1 atom stereocenters. The number of nitrogens with one attached hydrogen (secondary N) is 1. The van der Waals surface area contributed by atoms with Gasteiger partial charge in [-0.2, -0.15) is 4.31 Å². The number of sulfonamides is 1. The second kappa shape index (κ2) is 7.63. The van der Waals surface area contributed by atoms with Crippen molar-refractivity contribution < 1.29 is 13.2 Å². The van der Waals surface area contributed by atoms with Crippen LogP contribution in [-0.4, -0.2) is 46.0 Å². The molecular weight excluding hydrogens is 378 g/mol. The van der Waals surface area contributed by atoms with Gasteiger partial charge in [0, 0.05) is 12.6 Å². The predicted octanol–water partition coefficient (Wildman–Crippen LogP) is 1.78. The molecule has 0 spiro atoms. The van der Waals surface area contributed by atoms with Crippen LogP contribution in [0.5, 0.6) is 0 Å². The topological polar surface area (TPSA) is 97.2 Å². The summed E-state index contributed by atoms with van der Waals surface area (Å²) in [6.07, 6.45) is 4.31. The maximum atomic E-state index is 13.1. The number of nitrogens with zero attached hydrogens (tertiary/aromatic N) is 4. The first-order chi connectivity index (χ1) is 13.5. The minimum absolute atomic E-state index is 0.221. The summed E-state index contributed by atoms with van der Waals surface area (Å²) in [5, 5.41) is 11.2. The van der Waals surface area contributed by atoms with Gasteiger partial charge in [-0.05, 0) is 44.7 Å². The van der Waals surface area contributed by atoms with Crippen LogP contribution in [0.25, 0.3) is 0 Å². The van der Waals surface area contributed by atoms with Gasteiger partial charge in [-0.1, -0.05) is 24.6 Å². The largest absolute Gasteiger partial charge is 0.347 e. The summed E-state index contributed by atoms with van der Waals surface area (Å²) in [7, 11) is -3.71. The van der Waals surface area contributed by atoms with Gasteiger partial charge in [0.25, 0.3) is 0 Å². The fourth-order valence-electron chi connectivity index (χ4n) is 3.81. The summed E-state index contributed by atoms with van der Waals surface area (Å²) in [6.45, 7) is 2.52. The molecular formula is C19H25N5O3S. The molecule has 28 heavy (non-hydrogen) atoms. The highest BCUT2D eigenvalue weighted by atomic mass is 32.2. The van der Waals surface area contributed by atoms with E-state index in [4.69, 9.17) is 0 Å². The highest BCUT2D eigenvalue weighted by molar-refractivity contribution is 7.89. The lowest BCUT2D eigenvalue weighted by molar-refractivity contribution is -0.125. The average Bonchev–Trinajstić information content (AvgIpc) is 3.49. The third-order valence-electron chi connectivity index (χ3n) is 5.38. The molecule has 2 aliphatic rings. The molecule has 1 saturated heterocycles. The van der Waals surface area contributed by atoms with Crippen LogP contribution >= 0.6 is 0 Å². The first kappa shape index (κ1) is 19.1. The standard InChI is InChI=1S/C19H25N5O3S/c1-14-21-22-18(24(14)15-10-11-15)13-20-19(25)17-9-5-6-12-23(17)28(26,27)16-7-3-2-4-8-16/h2-4,7-8,15,17H,5-6,9-13H2,1H3,(H,20,25). The minimum Gasteiger partial charge on any atom is -0.347 e. The van der Waals surface area contributed by atoms with Gasteiger partial charge in [-0.3, -0.25) is 4.79 Å². The van der Waals surface area contributed by atoms with Crippen molar-refractivity contribution >= 4 is 15.9 Å². The van der Waals surface area contributed by atoms with Crippen LogP contribution in [-0.2, 0) is 21.4 Å². The monoisotopic (exact) mass is 403 g/mol. The fraction of sp³-hybridized carbons (Fsp3) is 0.526. The predicted molar refractivity (Wildman–Crippen MR) is 103 cm³/mol. The van der Waals surface area contributed by atoms with Crippen molar-refractivity contribution in [2.45, 2.75) is 62.6 Å². The molecule has 4 rings (SSSR count). The third kappa shape index (κ3) is 3.68. The van der Waals surface area contributed by atoms with Crippen molar-refractivity contribution in [3.05, 3.63) is 42.0 Å². The second-order valence-electron chi connectivity index (χ2n) is 7.42. The van der Waals surface area contributed by atoms with E-state index in [0.717, 1.165) is 37.3 Å². The Hall–Kier alpha value is -2.26. The van der Waals surface area contributed by atoms with Gasteiger partial charge in [0.15, 0.2) is 5.82 Å². The van der Waals surface area contributed by atoms with E-state index in [2.05, 4.69) is 20.1 Å². The molecule has 1 aliphatic heterocycles. The lowest BCUT2D eigenvalue weighted by Crippen LogP contribution is -2.51. The molecule has 0 radical (unpaired) electrons. The number of amides is 1. The summed E-state index contributed by atoms with van der Waals surface area (Å²) in [5.41, 5.74) is 0. The summed E-state index contributed by atoms with van der Waals surface area (Å²) in [4.78, 5) is 13.1. The Bertz CT molecular complexity index is 953. The Kier molecular flexibility index (Phi) is 5.20. The van der Waals surface area contributed by atoms with Crippen molar-refractivity contribution in [3.8, 4) is 0 Å². The lowest BCUT2D eigenvalue weighted by atomic mass is 10.0. The van der Waals surface area contributed by atoms with Crippen molar-refractivity contribution in [2.24, 2.45) is 0 Å². The van der Waals surface area contributed by atoms with Crippen LogP contribution in [0.3, 0.4) is 0 Å². The maximum absolute atomic E-state index is 13.1. The number of piperidine rings is 1. The lowest BCUT2D eigenvalue weighted by Gasteiger charge is -2.33. The van der Waals surface area contributed by atoms with Crippen molar-refractivity contribution in [2.75, 3.05) is 6.54 Å². The van der Waals surface area contributed by atoms with Gasteiger partial charge in [0.05, 0.1) is 11.4 Å². The molecule has 2 fully saturated rings. The summed E-state index contributed by atoms with van der Waals surface area (Å²) in [5.74, 6) is 1.29. The number of hydrogen-bond donors (Lipinski definition) is 1. The number of hydrogen-bond acceptors (Lipinski definition) is 5. The molecule has 1 aliphatic carbocycles. The van der Waals surface area contributed by atoms with Crippen LogP contribution in [0.2, 0.25) is 0 Å². The van der Waals surface area contributed by atoms with Gasteiger partial charge in [-0.25, -0.2) is 8.42 Å². The fourth-order valence-corrected chi connectivity index (χ4v) is 5.49. The molecule has 0 bridgehead atoms. The molecule has 1 N–H and O–H groups in total. The van der Waals surface area contributed by atoms with E-state index >= 15 is 0 Å². The number of rotatable bonds is 6.